The van der Waals surface area contributed by atoms with Gasteiger partial charge in [0.15, 0.2) is 0 Å². The standard InChI is InChI=1S/C27H22O/c28-27(24-17-9-3-10-18-24,25-19-11-4-12-20-25)26(23-15-7-2-8-16-23)21-22-13-5-1-6-14-22/h1-21,28H/b26-21+. The molecule has 0 aliphatic rings. The molecule has 0 spiro atoms. The van der Waals surface area contributed by atoms with Crippen molar-refractivity contribution in [2.45, 2.75) is 5.60 Å². The lowest BCUT2D eigenvalue weighted by atomic mass is 9.76. The number of hydrogen-bond acceptors (Lipinski definition) is 1. The predicted octanol–water partition coefficient (Wildman–Crippen LogP) is 6.16. The smallest absolute Gasteiger partial charge is 0.141 e. The predicted molar refractivity (Wildman–Crippen MR) is 117 cm³/mol. The van der Waals surface area contributed by atoms with E-state index in [1.165, 1.54) is 0 Å². The zero-order valence-corrected chi connectivity index (χ0v) is 15.6. The van der Waals surface area contributed by atoms with Crippen LogP contribution in [0.25, 0.3) is 11.6 Å². The molecule has 0 aliphatic heterocycles. The topological polar surface area (TPSA) is 20.2 Å². The SMILES string of the molecule is OC(/C(=C/c1ccccc1)c1ccccc1)(c1ccccc1)c1ccccc1. The van der Waals surface area contributed by atoms with E-state index >= 15 is 0 Å². The Kier molecular flexibility index (Phi) is 5.18. The van der Waals surface area contributed by atoms with Gasteiger partial charge in [-0.05, 0) is 28.3 Å². The number of benzene rings is 4. The van der Waals surface area contributed by atoms with Crippen molar-refractivity contribution in [3.8, 4) is 0 Å². The van der Waals surface area contributed by atoms with E-state index in [1.54, 1.807) is 0 Å². The van der Waals surface area contributed by atoms with Gasteiger partial charge in [-0.2, -0.15) is 0 Å². The maximum Gasteiger partial charge on any atom is 0.141 e. The first-order valence-electron chi connectivity index (χ1n) is 9.44. The quantitative estimate of drug-likeness (QED) is 0.421. The summed E-state index contributed by atoms with van der Waals surface area (Å²) in [5, 5.41) is 12.3. The number of aliphatic hydroxyl groups is 1. The zero-order valence-electron chi connectivity index (χ0n) is 15.6. The maximum absolute atomic E-state index is 12.3. The van der Waals surface area contributed by atoms with Crippen molar-refractivity contribution >= 4 is 11.6 Å². The van der Waals surface area contributed by atoms with Crippen molar-refractivity contribution in [2.75, 3.05) is 0 Å². The van der Waals surface area contributed by atoms with Crippen LogP contribution < -0.4 is 0 Å². The lowest BCUT2D eigenvalue weighted by molar-refractivity contribution is 0.146. The number of rotatable bonds is 5. The minimum absolute atomic E-state index is 0.840. The Labute approximate surface area is 166 Å². The summed E-state index contributed by atoms with van der Waals surface area (Å²) in [6, 6.07) is 40.0. The molecule has 1 heteroatoms. The highest BCUT2D eigenvalue weighted by molar-refractivity contribution is 5.89. The van der Waals surface area contributed by atoms with E-state index < -0.39 is 5.60 Å². The summed E-state index contributed by atoms with van der Waals surface area (Å²) in [6.45, 7) is 0. The van der Waals surface area contributed by atoms with Gasteiger partial charge in [-0.1, -0.05) is 121 Å². The molecule has 0 saturated heterocycles. The monoisotopic (exact) mass is 362 g/mol. The van der Waals surface area contributed by atoms with Gasteiger partial charge in [0.05, 0.1) is 0 Å². The Bertz CT molecular complexity index is 997. The Morgan fingerprint density at radius 2 is 0.929 bits per heavy atom. The minimum atomic E-state index is -1.28. The van der Waals surface area contributed by atoms with Gasteiger partial charge in [0.1, 0.15) is 5.60 Å². The average molecular weight is 362 g/mol. The van der Waals surface area contributed by atoms with Crippen LogP contribution in [0.15, 0.2) is 121 Å². The van der Waals surface area contributed by atoms with Crippen LogP contribution in [0.4, 0.5) is 0 Å². The second-order valence-electron chi connectivity index (χ2n) is 6.78. The van der Waals surface area contributed by atoms with Gasteiger partial charge in [-0.15, -0.1) is 0 Å². The van der Waals surface area contributed by atoms with Crippen LogP contribution in [0.2, 0.25) is 0 Å². The molecule has 1 N–H and O–H groups in total. The normalized spacial score (nSPS) is 12.0. The minimum Gasteiger partial charge on any atom is -0.376 e. The van der Waals surface area contributed by atoms with Crippen LogP contribution >= 0.6 is 0 Å². The average Bonchev–Trinajstić information content (AvgIpc) is 2.79. The summed E-state index contributed by atoms with van der Waals surface area (Å²) in [4.78, 5) is 0. The molecule has 4 aromatic rings. The molecule has 0 atom stereocenters. The Morgan fingerprint density at radius 1 is 0.536 bits per heavy atom. The molecule has 0 fully saturated rings. The van der Waals surface area contributed by atoms with Crippen molar-refractivity contribution in [1.29, 1.82) is 0 Å². The molecule has 0 aliphatic carbocycles. The van der Waals surface area contributed by atoms with Gasteiger partial charge in [-0.25, -0.2) is 0 Å². The van der Waals surface area contributed by atoms with Crippen molar-refractivity contribution in [2.24, 2.45) is 0 Å². The highest BCUT2D eigenvalue weighted by atomic mass is 16.3. The number of hydrogen-bond donors (Lipinski definition) is 1. The van der Waals surface area contributed by atoms with Gasteiger partial charge in [0.2, 0.25) is 0 Å². The van der Waals surface area contributed by atoms with Gasteiger partial charge < -0.3 is 5.11 Å². The maximum atomic E-state index is 12.3. The van der Waals surface area contributed by atoms with Crippen molar-refractivity contribution in [3.05, 3.63) is 144 Å². The van der Waals surface area contributed by atoms with Crippen LogP contribution in [0.5, 0.6) is 0 Å². The third kappa shape index (κ3) is 3.53. The molecule has 0 aromatic heterocycles. The van der Waals surface area contributed by atoms with E-state index in [2.05, 4.69) is 18.2 Å². The first-order chi connectivity index (χ1) is 13.8. The summed E-state index contributed by atoms with van der Waals surface area (Å²) >= 11 is 0. The molecule has 136 valence electrons. The Balaban J connectivity index is 2.01. The molecule has 0 amide bonds. The summed E-state index contributed by atoms with van der Waals surface area (Å²) in [7, 11) is 0. The summed E-state index contributed by atoms with van der Waals surface area (Å²) in [5.74, 6) is 0. The van der Waals surface area contributed by atoms with Crippen LogP contribution in [0.1, 0.15) is 22.3 Å². The van der Waals surface area contributed by atoms with Gasteiger partial charge in [0, 0.05) is 5.57 Å². The highest BCUT2D eigenvalue weighted by Crippen LogP contribution is 2.42. The summed E-state index contributed by atoms with van der Waals surface area (Å²) in [6.07, 6.45) is 2.08. The van der Waals surface area contributed by atoms with E-state index in [0.29, 0.717) is 0 Å². The molecule has 0 radical (unpaired) electrons. The molecule has 4 rings (SSSR count). The fourth-order valence-corrected chi connectivity index (χ4v) is 3.57. The van der Waals surface area contributed by atoms with Gasteiger partial charge in [-0.3, -0.25) is 0 Å². The van der Waals surface area contributed by atoms with Crippen molar-refractivity contribution in [1.82, 2.24) is 0 Å². The van der Waals surface area contributed by atoms with Gasteiger partial charge in [0.25, 0.3) is 0 Å². The zero-order chi connectivity index (χ0) is 19.2. The van der Waals surface area contributed by atoms with E-state index in [9.17, 15) is 5.11 Å². The largest absolute Gasteiger partial charge is 0.376 e. The van der Waals surface area contributed by atoms with Crippen LogP contribution in [-0.4, -0.2) is 5.11 Å². The van der Waals surface area contributed by atoms with Crippen LogP contribution in [-0.2, 0) is 5.60 Å². The van der Waals surface area contributed by atoms with Crippen LogP contribution in [0.3, 0.4) is 0 Å². The fraction of sp³-hybridized carbons (Fsp3) is 0.0370. The fourth-order valence-electron chi connectivity index (χ4n) is 3.57. The third-order valence-electron chi connectivity index (χ3n) is 4.97. The van der Waals surface area contributed by atoms with Crippen LogP contribution in [0, 0.1) is 0 Å². The van der Waals surface area contributed by atoms with E-state index in [-0.39, 0.29) is 0 Å². The third-order valence-corrected chi connectivity index (χ3v) is 4.97. The molecule has 0 unspecified atom stereocenters. The van der Waals surface area contributed by atoms with Gasteiger partial charge >= 0.3 is 0 Å². The summed E-state index contributed by atoms with van der Waals surface area (Å²) in [5.41, 5.74) is 3.28. The molecule has 28 heavy (non-hydrogen) atoms. The first kappa shape index (κ1) is 18.0. The lowest BCUT2D eigenvalue weighted by Crippen LogP contribution is -2.29. The van der Waals surface area contributed by atoms with Crippen molar-refractivity contribution in [3.63, 3.8) is 0 Å². The van der Waals surface area contributed by atoms with E-state index in [1.807, 2.05) is 109 Å². The molecule has 0 bridgehead atoms. The Hall–Kier alpha value is -3.42. The second kappa shape index (κ2) is 8.08. The van der Waals surface area contributed by atoms with Crippen molar-refractivity contribution < 1.29 is 5.11 Å². The molecular weight excluding hydrogens is 340 g/mol. The molecular formula is C27H22O. The molecule has 1 nitrogen and oxygen atoms in total. The summed E-state index contributed by atoms with van der Waals surface area (Å²) < 4.78 is 0. The van der Waals surface area contributed by atoms with E-state index in [4.69, 9.17) is 0 Å². The molecule has 4 aromatic carbocycles. The second-order valence-corrected chi connectivity index (χ2v) is 6.78. The first-order valence-corrected chi connectivity index (χ1v) is 9.44. The molecule has 0 heterocycles. The highest BCUT2D eigenvalue weighted by Gasteiger charge is 2.36. The van der Waals surface area contributed by atoms with E-state index in [0.717, 1.165) is 27.8 Å². The Morgan fingerprint density at radius 3 is 1.39 bits per heavy atom. The lowest BCUT2D eigenvalue weighted by Gasteiger charge is -2.33. The molecule has 0 saturated carbocycles.